The minimum atomic E-state index is 0.579. The van der Waals surface area contributed by atoms with Crippen LogP contribution in [0.15, 0.2) is 52.1 Å². The summed E-state index contributed by atoms with van der Waals surface area (Å²) in [6.07, 6.45) is 3.55. The second-order valence-corrected chi connectivity index (χ2v) is 7.18. The highest BCUT2D eigenvalue weighted by Crippen LogP contribution is 2.28. The van der Waals surface area contributed by atoms with Gasteiger partial charge < -0.3 is 4.42 Å². The summed E-state index contributed by atoms with van der Waals surface area (Å²) in [6, 6.07) is 9.60. The zero-order chi connectivity index (χ0) is 17.4. The van der Waals surface area contributed by atoms with Gasteiger partial charge in [-0.2, -0.15) is 5.10 Å². The van der Waals surface area contributed by atoms with Gasteiger partial charge in [-0.1, -0.05) is 17.7 Å². The number of rotatable bonds is 4. The molecular weight excluding hydrogens is 356 g/mol. The van der Waals surface area contributed by atoms with Gasteiger partial charge in [0.05, 0.1) is 11.4 Å². The zero-order valence-electron chi connectivity index (χ0n) is 13.7. The van der Waals surface area contributed by atoms with Crippen molar-refractivity contribution in [3.63, 3.8) is 0 Å². The average molecular weight is 371 g/mol. The number of halogens is 1. The number of hydrogen-bond acceptors (Lipinski definition) is 5. The lowest BCUT2D eigenvalue weighted by atomic mass is 10.2. The molecule has 0 aliphatic heterocycles. The standard InChI is InChI=1S/C18H15ClN4OS/c1-11-16-7-15(8-20-17(16)23(2)22-11)25-10-14-9-24-18(21-14)12-4-3-5-13(19)6-12/h3-9H,10H2,1-2H3. The highest BCUT2D eigenvalue weighted by atomic mass is 35.5. The van der Waals surface area contributed by atoms with Crippen LogP contribution in [0.5, 0.6) is 0 Å². The highest BCUT2D eigenvalue weighted by molar-refractivity contribution is 7.98. The molecule has 1 aromatic carbocycles. The molecule has 0 amide bonds. The number of nitrogens with zero attached hydrogens (tertiary/aromatic N) is 4. The van der Waals surface area contributed by atoms with Crippen LogP contribution < -0.4 is 0 Å². The largest absolute Gasteiger partial charge is 0.444 e. The maximum atomic E-state index is 6.02. The molecule has 0 radical (unpaired) electrons. The van der Waals surface area contributed by atoms with Crippen LogP contribution in [0.2, 0.25) is 5.02 Å². The molecule has 0 fully saturated rings. The van der Waals surface area contributed by atoms with Crippen molar-refractivity contribution in [2.75, 3.05) is 0 Å². The van der Waals surface area contributed by atoms with Crippen LogP contribution in [0.4, 0.5) is 0 Å². The summed E-state index contributed by atoms with van der Waals surface area (Å²) in [6.45, 7) is 1.99. The zero-order valence-corrected chi connectivity index (χ0v) is 15.3. The van der Waals surface area contributed by atoms with E-state index < -0.39 is 0 Å². The molecule has 3 heterocycles. The van der Waals surface area contributed by atoms with Gasteiger partial charge in [-0.25, -0.2) is 9.97 Å². The quantitative estimate of drug-likeness (QED) is 0.479. The van der Waals surface area contributed by atoms with Gasteiger partial charge in [0.1, 0.15) is 6.26 Å². The number of benzene rings is 1. The first-order chi connectivity index (χ1) is 12.1. The predicted molar refractivity (Wildman–Crippen MR) is 99.8 cm³/mol. The molecule has 0 N–H and O–H groups in total. The monoisotopic (exact) mass is 370 g/mol. The summed E-state index contributed by atoms with van der Waals surface area (Å²) in [5.74, 6) is 1.28. The molecule has 0 saturated carbocycles. The van der Waals surface area contributed by atoms with Gasteiger partial charge in [0, 0.05) is 39.9 Å². The second kappa shape index (κ2) is 6.54. The van der Waals surface area contributed by atoms with E-state index in [9.17, 15) is 0 Å². The van der Waals surface area contributed by atoms with Crippen molar-refractivity contribution in [2.24, 2.45) is 7.05 Å². The molecule has 3 aromatic heterocycles. The van der Waals surface area contributed by atoms with Crippen molar-refractivity contribution in [3.05, 3.63) is 59.2 Å². The maximum Gasteiger partial charge on any atom is 0.226 e. The molecule has 4 rings (SSSR count). The summed E-state index contributed by atoms with van der Waals surface area (Å²) >= 11 is 7.69. The number of fused-ring (bicyclic) bond motifs is 1. The van der Waals surface area contributed by atoms with E-state index in [2.05, 4.69) is 21.1 Å². The van der Waals surface area contributed by atoms with Crippen LogP contribution in [-0.2, 0) is 12.8 Å². The van der Waals surface area contributed by atoms with Gasteiger partial charge >= 0.3 is 0 Å². The Morgan fingerprint density at radius 1 is 1.28 bits per heavy atom. The molecule has 0 aliphatic rings. The maximum absolute atomic E-state index is 6.02. The predicted octanol–water partition coefficient (Wildman–Crippen LogP) is 4.88. The lowest BCUT2D eigenvalue weighted by Gasteiger charge is -2.00. The molecule has 126 valence electrons. The molecule has 7 heteroatoms. The summed E-state index contributed by atoms with van der Waals surface area (Å²) < 4.78 is 7.37. The molecule has 0 unspecified atom stereocenters. The summed E-state index contributed by atoms with van der Waals surface area (Å²) in [7, 11) is 1.90. The molecule has 0 bridgehead atoms. The Kier molecular flexibility index (Phi) is 4.23. The van der Waals surface area contributed by atoms with E-state index in [1.54, 1.807) is 22.7 Å². The van der Waals surface area contributed by atoms with Crippen LogP contribution in [0.3, 0.4) is 0 Å². The Balaban J connectivity index is 1.51. The van der Waals surface area contributed by atoms with Crippen LogP contribution >= 0.6 is 23.4 Å². The van der Waals surface area contributed by atoms with E-state index in [-0.39, 0.29) is 0 Å². The minimum absolute atomic E-state index is 0.579. The number of hydrogen-bond donors (Lipinski definition) is 0. The number of pyridine rings is 1. The first kappa shape index (κ1) is 16.2. The van der Waals surface area contributed by atoms with Crippen LogP contribution in [0.25, 0.3) is 22.5 Å². The van der Waals surface area contributed by atoms with E-state index >= 15 is 0 Å². The van der Waals surface area contributed by atoms with E-state index in [0.29, 0.717) is 16.7 Å². The average Bonchev–Trinajstić information content (AvgIpc) is 3.18. The van der Waals surface area contributed by atoms with Gasteiger partial charge in [-0.05, 0) is 31.2 Å². The molecule has 4 aromatic rings. The minimum Gasteiger partial charge on any atom is -0.444 e. The fourth-order valence-electron chi connectivity index (χ4n) is 2.65. The third-order valence-corrected chi connectivity index (χ3v) is 5.08. The summed E-state index contributed by atoms with van der Waals surface area (Å²) in [5, 5.41) is 6.14. The van der Waals surface area contributed by atoms with Crippen molar-refractivity contribution >= 4 is 34.4 Å². The van der Waals surface area contributed by atoms with Crippen molar-refractivity contribution < 1.29 is 4.42 Å². The van der Waals surface area contributed by atoms with Crippen molar-refractivity contribution in [1.29, 1.82) is 0 Å². The van der Waals surface area contributed by atoms with Gasteiger partial charge in [-0.15, -0.1) is 11.8 Å². The number of thioether (sulfide) groups is 1. The van der Waals surface area contributed by atoms with Gasteiger partial charge in [0.15, 0.2) is 5.65 Å². The molecule has 0 spiro atoms. The first-order valence-corrected chi connectivity index (χ1v) is 9.09. The van der Waals surface area contributed by atoms with E-state index in [0.717, 1.165) is 32.9 Å². The molecule has 0 atom stereocenters. The Morgan fingerprint density at radius 2 is 2.16 bits per heavy atom. The topological polar surface area (TPSA) is 56.7 Å². The van der Waals surface area contributed by atoms with Gasteiger partial charge in [0.2, 0.25) is 5.89 Å². The SMILES string of the molecule is Cc1nn(C)c2ncc(SCc3coc(-c4cccc(Cl)c4)n3)cc12. The number of aromatic nitrogens is 4. The fraction of sp³-hybridized carbons (Fsp3) is 0.167. The Hall–Kier alpha value is -2.31. The van der Waals surface area contributed by atoms with E-state index in [4.69, 9.17) is 16.0 Å². The number of aryl methyl sites for hydroxylation is 2. The molecule has 0 saturated heterocycles. The van der Waals surface area contributed by atoms with Gasteiger partial charge in [0.25, 0.3) is 0 Å². The molecule has 0 aliphatic carbocycles. The van der Waals surface area contributed by atoms with Crippen LogP contribution in [-0.4, -0.2) is 19.7 Å². The lowest BCUT2D eigenvalue weighted by molar-refractivity contribution is 0.573. The van der Waals surface area contributed by atoms with Crippen molar-refractivity contribution in [1.82, 2.24) is 19.7 Å². The summed E-state index contributed by atoms with van der Waals surface area (Å²) in [4.78, 5) is 10.1. The Bertz CT molecular complexity index is 1060. The molecular formula is C18H15ClN4OS. The van der Waals surface area contributed by atoms with E-state index in [1.165, 1.54) is 0 Å². The van der Waals surface area contributed by atoms with Crippen molar-refractivity contribution in [2.45, 2.75) is 17.6 Å². The van der Waals surface area contributed by atoms with Crippen molar-refractivity contribution in [3.8, 4) is 11.5 Å². The third-order valence-electron chi connectivity index (χ3n) is 3.85. The summed E-state index contributed by atoms with van der Waals surface area (Å²) in [5.41, 5.74) is 3.63. The van der Waals surface area contributed by atoms with Gasteiger partial charge in [-0.3, -0.25) is 4.68 Å². The molecule has 5 nitrogen and oxygen atoms in total. The fourth-order valence-corrected chi connectivity index (χ4v) is 3.62. The Morgan fingerprint density at radius 3 is 3.00 bits per heavy atom. The van der Waals surface area contributed by atoms with E-state index in [1.807, 2.05) is 44.4 Å². The van der Waals surface area contributed by atoms with Crippen LogP contribution in [0.1, 0.15) is 11.4 Å². The second-order valence-electron chi connectivity index (χ2n) is 5.69. The first-order valence-electron chi connectivity index (χ1n) is 7.72. The number of oxazole rings is 1. The van der Waals surface area contributed by atoms with Crippen LogP contribution in [0, 0.1) is 6.92 Å². The highest BCUT2D eigenvalue weighted by Gasteiger charge is 2.10. The Labute approximate surface area is 154 Å². The normalized spacial score (nSPS) is 11.3. The third kappa shape index (κ3) is 3.27. The lowest BCUT2D eigenvalue weighted by Crippen LogP contribution is -1.91. The molecule has 25 heavy (non-hydrogen) atoms. The smallest absolute Gasteiger partial charge is 0.226 e.